The Labute approximate surface area is 164 Å². The first-order chi connectivity index (χ1) is 13.4. The van der Waals surface area contributed by atoms with Crippen LogP contribution in [0, 0.1) is 5.92 Å². The molecule has 2 aromatic carbocycles. The Bertz CT molecular complexity index is 803. The summed E-state index contributed by atoms with van der Waals surface area (Å²) in [6.07, 6.45) is 0. The quantitative estimate of drug-likeness (QED) is 0.683. The summed E-state index contributed by atoms with van der Waals surface area (Å²) >= 11 is 0. The molecule has 7 nitrogen and oxygen atoms in total. The van der Waals surface area contributed by atoms with Crippen molar-refractivity contribution in [2.45, 2.75) is 19.9 Å². The van der Waals surface area contributed by atoms with Crippen LogP contribution in [0.3, 0.4) is 0 Å². The predicted octanol–water partition coefficient (Wildman–Crippen LogP) is 2.63. The van der Waals surface area contributed by atoms with E-state index >= 15 is 0 Å². The minimum Gasteiger partial charge on any atom is -0.482 e. The molecule has 2 aromatic rings. The number of methoxy groups -OCH3 is 1. The fourth-order valence-electron chi connectivity index (χ4n) is 2.40. The van der Waals surface area contributed by atoms with Gasteiger partial charge in [-0.1, -0.05) is 32.0 Å². The van der Waals surface area contributed by atoms with Gasteiger partial charge in [-0.05, 0) is 42.3 Å². The van der Waals surface area contributed by atoms with E-state index in [1.165, 1.54) is 7.11 Å². The van der Waals surface area contributed by atoms with E-state index in [4.69, 9.17) is 4.74 Å². The van der Waals surface area contributed by atoms with Crippen molar-refractivity contribution in [3.8, 4) is 5.75 Å². The number of hydrogen-bond donors (Lipinski definition) is 2. The summed E-state index contributed by atoms with van der Waals surface area (Å²) in [5.41, 5.74) is 1.04. The van der Waals surface area contributed by atoms with Crippen molar-refractivity contribution in [1.29, 1.82) is 0 Å². The first-order valence-electron chi connectivity index (χ1n) is 8.87. The van der Waals surface area contributed by atoms with Crippen LogP contribution in [0.4, 0.5) is 5.69 Å². The van der Waals surface area contributed by atoms with Crippen LogP contribution in [0.25, 0.3) is 0 Å². The summed E-state index contributed by atoms with van der Waals surface area (Å²) in [6.45, 7) is 3.53. The maximum atomic E-state index is 12.6. The van der Waals surface area contributed by atoms with Crippen molar-refractivity contribution >= 4 is 23.5 Å². The van der Waals surface area contributed by atoms with Gasteiger partial charge in [-0.15, -0.1) is 0 Å². The molecule has 2 rings (SSSR count). The molecule has 0 aromatic heterocycles. The number of benzene rings is 2. The van der Waals surface area contributed by atoms with Gasteiger partial charge in [0.1, 0.15) is 11.8 Å². The van der Waals surface area contributed by atoms with Crippen LogP contribution in [0.15, 0.2) is 54.6 Å². The number of hydrogen-bond acceptors (Lipinski definition) is 5. The van der Waals surface area contributed by atoms with Crippen molar-refractivity contribution in [3.63, 3.8) is 0 Å². The molecule has 2 N–H and O–H groups in total. The summed E-state index contributed by atoms with van der Waals surface area (Å²) < 4.78 is 9.77. The van der Waals surface area contributed by atoms with Crippen LogP contribution in [-0.2, 0) is 14.3 Å². The lowest BCUT2D eigenvalue weighted by Crippen LogP contribution is -2.47. The standard InChI is InChI=1S/C21H24N2O5/c1-14(2)19(23-20(25)15-7-5-4-6-8-15)21(26)22-16-9-11-17(12-10-16)28-13-18(24)27-3/h4-12,14,19H,13H2,1-3H3,(H,22,26)(H,23,25). The number of carbonyl (C=O) groups excluding carboxylic acids is 3. The molecule has 0 spiro atoms. The van der Waals surface area contributed by atoms with E-state index < -0.39 is 12.0 Å². The van der Waals surface area contributed by atoms with Crippen LogP contribution in [0.1, 0.15) is 24.2 Å². The number of esters is 1. The monoisotopic (exact) mass is 384 g/mol. The first kappa shape index (κ1) is 21.0. The smallest absolute Gasteiger partial charge is 0.343 e. The molecule has 0 aliphatic heterocycles. The molecule has 7 heteroatoms. The Hall–Kier alpha value is -3.35. The van der Waals surface area contributed by atoms with Crippen LogP contribution in [0.2, 0.25) is 0 Å². The third-order valence-corrected chi connectivity index (χ3v) is 3.98. The summed E-state index contributed by atoms with van der Waals surface area (Å²) in [6, 6.07) is 14.6. The van der Waals surface area contributed by atoms with Gasteiger partial charge >= 0.3 is 5.97 Å². The zero-order chi connectivity index (χ0) is 20.5. The topological polar surface area (TPSA) is 93.7 Å². The lowest BCUT2D eigenvalue weighted by Gasteiger charge is -2.22. The van der Waals surface area contributed by atoms with Crippen molar-refractivity contribution in [2.24, 2.45) is 5.92 Å². The number of nitrogens with one attached hydrogen (secondary N) is 2. The van der Waals surface area contributed by atoms with Gasteiger partial charge in [0, 0.05) is 11.3 Å². The van der Waals surface area contributed by atoms with Gasteiger partial charge < -0.3 is 20.1 Å². The van der Waals surface area contributed by atoms with Crippen LogP contribution < -0.4 is 15.4 Å². The van der Waals surface area contributed by atoms with E-state index in [0.717, 1.165) is 0 Å². The Balaban J connectivity index is 1.98. The highest BCUT2D eigenvalue weighted by Gasteiger charge is 2.24. The van der Waals surface area contributed by atoms with Crippen molar-refractivity contribution in [3.05, 3.63) is 60.2 Å². The first-order valence-corrected chi connectivity index (χ1v) is 8.87. The van der Waals surface area contributed by atoms with Crippen molar-refractivity contribution in [2.75, 3.05) is 19.0 Å². The summed E-state index contributed by atoms with van der Waals surface area (Å²) in [7, 11) is 1.28. The SMILES string of the molecule is COC(=O)COc1ccc(NC(=O)C(NC(=O)c2ccccc2)C(C)C)cc1. The maximum absolute atomic E-state index is 12.6. The fourth-order valence-corrected chi connectivity index (χ4v) is 2.40. The van der Waals surface area contributed by atoms with E-state index in [1.807, 2.05) is 19.9 Å². The van der Waals surface area contributed by atoms with E-state index in [1.54, 1.807) is 48.5 Å². The average Bonchev–Trinajstić information content (AvgIpc) is 2.71. The third-order valence-electron chi connectivity index (χ3n) is 3.98. The highest BCUT2D eigenvalue weighted by Crippen LogP contribution is 2.17. The van der Waals surface area contributed by atoms with Gasteiger partial charge in [-0.25, -0.2) is 4.79 Å². The highest BCUT2D eigenvalue weighted by atomic mass is 16.6. The number of amides is 2. The molecule has 0 fully saturated rings. The summed E-state index contributed by atoms with van der Waals surface area (Å²) in [5.74, 6) is -0.730. The molecule has 0 aliphatic carbocycles. The maximum Gasteiger partial charge on any atom is 0.343 e. The second-order valence-corrected chi connectivity index (χ2v) is 6.44. The van der Waals surface area contributed by atoms with Crippen molar-refractivity contribution < 1.29 is 23.9 Å². The minimum atomic E-state index is -0.692. The predicted molar refractivity (Wildman–Crippen MR) is 105 cm³/mol. The van der Waals surface area contributed by atoms with E-state index in [-0.39, 0.29) is 24.3 Å². The summed E-state index contributed by atoms with van der Waals surface area (Å²) in [5, 5.41) is 5.56. The number of anilines is 1. The Morgan fingerprint density at radius 1 is 0.964 bits per heavy atom. The van der Waals surface area contributed by atoms with Gasteiger partial charge in [-0.3, -0.25) is 9.59 Å². The molecular formula is C21H24N2O5. The second kappa shape index (κ2) is 10.1. The normalized spacial score (nSPS) is 11.4. The lowest BCUT2D eigenvalue weighted by molar-refractivity contribution is -0.142. The zero-order valence-electron chi connectivity index (χ0n) is 16.1. The molecule has 0 saturated heterocycles. The molecule has 148 valence electrons. The average molecular weight is 384 g/mol. The van der Waals surface area contributed by atoms with E-state index in [9.17, 15) is 14.4 Å². The Morgan fingerprint density at radius 3 is 2.18 bits per heavy atom. The Kier molecular flexibility index (Phi) is 7.56. The molecule has 28 heavy (non-hydrogen) atoms. The van der Waals surface area contributed by atoms with E-state index in [2.05, 4.69) is 15.4 Å². The van der Waals surface area contributed by atoms with E-state index in [0.29, 0.717) is 17.0 Å². The van der Waals surface area contributed by atoms with Crippen molar-refractivity contribution in [1.82, 2.24) is 5.32 Å². The molecule has 1 atom stereocenters. The van der Waals surface area contributed by atoms with Crippen LogP contribution in [-0.4, -0.2) is 37.5 Å². The highest BCUT2D eigenvalue weighted by molar-refractivity contribution is 6.01. The molecule has 2 amide bonds. The molecule has 0 heterocycles. The zero-order valence-corrected chi connectivity index (χ0v) is 16.1. The molecule has 0 radical (unpaired) electrons. The molecule has 1 unspecified atom stereocenters. The van der Waals surface area contributed by atoms with Crippen LogP contribution >= 0.6 is 0 Å². The van der Waals surface area contributed by atoms with Gasteiger partial charge in [0.05, 0.1) is 7.11 Å². The molecular weight excluding hydrogens is 360 g/mol. The molecule has 0 saturated carbocycles. The van der Waals surface area contributed by atoms with Gasteiger partial charge in [-0.2, -0.15) is 0 Å². The number of carbonyl (C=O) groups is 3. The van der Waals surface area contributed by atoms with Gasteiger partial charge in [0.15, 0.2) is 6.61 Å². The van der Waals surface area contributed by atoms with Crippen LogP contribution in [0.5, 0.6) is 5.75 Å². The fraction of sp³-hybridized carbons (Fsp3) is 0.286. The second-order valence-electron chi connectivity index (χ2n) is 6.44. The van der Waals surface area contributed by atoms with Gasteiger partial charge in [0.2, 0.25) is 5.91 Å². The minimum absolute atomic E-state index is 0.102. The lowest BCUT2D eigenvalue weighted by atomic mass is 10.0. The number of rotatable bonds is 8. The Morgan fingerprint density at radius 2 is 1.61 bits per heavy atom. The molecule has 0 bridgehead atoms. The largest absolute Gasteiger partial charge is 0.482 e. The van der Waals surface area contributed by atoms with Gasteiger partial charge in [0.25, 0.3) is 5.91 Å². The summed E-state index contributed by atoms with van der Waals surface area (Å²) in [4.78, 5) is 36.1. The number of ether oxygens (including phenoxy) is 2. The molecule has 0 aliphatic rings. The third kappa shape index (κ3) is 6.12.